The van der Waals surface area contributed by atoms with Crippen LogP contribution in [0, 0.1) is 11.3 Å². The molecule has 0 amide bonds. The summed E-state index contributed by atoms with van der Waals surface area (Å²) in [6.45, 7) is 0. The van der Waals surface area contributed by atoms with Crippen molar-refractivity contribution in [2.24, 2.45) is 0 Å². The van der Waals surface area contributed by atoms with Gasteiger partial charge in [0.2, 0.25) is 0 Å². The van der Waals surface area contributed by atoms with Crippen molar-refractivity contribution < 1.29 is 13.2 Å². The average molecular weight is 232 g/mol. The summed E-state index contributed by atoms with van der Waals surface area (Å²) in [5.74, 6) is 0. The van der Waals surface area contributed by atoms with Gasteiger partial charge in [-0.25, -0.2) is 0 Å². The molecule has 0 spiro atoms. The lowest BCUT2D eigenvalue weighted by Gasteiger charge is -2.09. The lowest BCUT2D eigenvalue weighted by atomic mass is 10.1. The van der Waals surface area contributed by atoms with Gasteiger partial charge in [-0.3, -0.25) is 0 Å². The summed E-state index contributed by atoms with van der Waals surface area (Å²) < 4.78 is 37.1. The third-order valence-corrected chi connectivity index (χ3v) is 1.98. The smallest absolute Gasteiger partial charge is 0.193 e. The van der Waals surface area contributed by atoms with E-state index < -0.39 is 11.7 Å². The number of alkyl halides is 3. The van der Waals surface area contributed by atoms with Gasteiger partial charge in [-0.2, -0.15) is 18.4 Å². The van der Waals surface area contributed by atoms with Crippen molar-refractivity contribution in [2.75, 3.05) is 0 Å². The lowest BCUT2D eigenvalue weighted by molar-refractivity contribution is -0.137. The molecule has 0 aliphatic carbocycles. The van der Waals surface area contributed by atoms with Crippen LogP contribution in [0.4, 0.5) is 13.2 Å². The molecule has 0 aromatic heterocycles. The van der Waals surface area contributed by atoms with E-state index in [1.165, 1.54) is 12.1 Å². The Balaban J connectivity index is 3.18. The SMILES string of the molecule is N#CC=Cc1ccc(Cl)c(C(F)(F)F)c1. The second-order valence-electron chi connectivity index (χ2n) is 2.70. The number of hydrogen-bond donors (Lipinski definition) is 0. The molecule has 0 aliphatic heterocycles. The molecule has 78 valence electrons. The minimum Gasteiger partial charge on any atom is -0.193 e. The van der Waals surface area contributed by atoms with Crippen molar-refractivity contribution in [3.63, 3.8) is 0 Å². The van der Waals surface area contributed by atoms with Crippen molar-refractivity contribution in [3.05, 3.63) is 40.4 Å². The standard InChI is InChI=1S/C10H5ClF3N/c11-9-4-3-7(2-1-5-15)6-8(9)10(12,13)14/h1-4,6H. The Morgan fingerprint density at radius 3 is 2.53 bits per heavy atom. The first-order valence-electron chi connectivity index (χ1n) is 3.88. The Morgan fingerprint density at radius 2 is 2.00 bits per heavy atom. The maximum absolute atomic E-state index is 12.4. The van der Waals surface area contributed by atoms with E-state index in [-0.39, 0.29) is 10.6 Å². The molecule has 0 heterocycles. The zero-order valence-corrected chi connectivity index (χ0v) is 8.10. The molecule has 0 N–H and O–H groups in total. The van der Waals surface area contributed by atoms with Crippen LogP contribution in [0.15, 0.2) is 24.3 Å². The van der Waals surface area contributed by atoms with Crippen LogP contribution >= 0.6 is 11.6 Å². The van der Waals surface area contributed by atoms with Gasteiger partial charge in [0.05, 0.1) is 16.7 Å². The number of rotatable bonds is 1. The Kier molecular flexibility index (Phi) is 3.38. The number of nitrogens with zero attached hydrogens (tertiary/aromatic N) is 1. The first-order valence-corrected chi connectivity index (χ1v) is 4.26. The Bertz CT molecular complexity index is 429. The van der Waals surface area contributed by atoms with Crippen LogP contribution in [0.2, 0.25) is 5.02 Å². The second kappa shape index (κ2) is 4.37. The van der Waals surface area contributed by atoms with Gasteiger partial charge < -0.3 is 0 Å². The molecule has 1 nitrogen and oxygen atoms in total. The fourth-order valence-corrected chi connectivity index (χ4v) is 1.22. The molecular formula is C10H5ClF3N. The Morgan fingerprint density at radius 1 is 1.33 bits per heavy atom. The van der Waals surface area contributed by atoms with Gasteiger partial charge in [-0.1, -0.05) is 17.7 Å². The second-order valence-corrected chi connectivity index (χ2v) is 3.11. The van der Waals surface area contributed by atoms with E-state index >= 15 is 0 Å². The van der Waals surface area contributed by atoms with Gasteiger partial charge in [0.15, 0.2) is 0 Å². The van der Waals surface area contributed by atoms with Crippen LogP contribution < -0.4 is 0 Å². The molecule has 0 saturated carbocycles. The normalized spacial score (nSPS) is 11.7. The van der Waals surface area contributed by atoms with E-state index in [1.54, 1.807) is 6.07 Å². The van der Waals surface area contributed by atoms with E-state index in [0.29, 0.717) is 0 Å². The molecule has 0 unspecified atom stereocenters. The fraction of sp³-hybridized carbons (Fsp3) is 0.100. The van der Waals surface area contributed by atoms with Crippen LogP contribution in [0.5, 0.6) is 0 Å². The predicted molar refractivity (Wildman–Crippen MR) is 51.1 cm³/mol. The topological polar surface area (TPSA) is 23.8 Å². The minimum atomic E-state index is -4.48. The van der Waals surface area contributed by atoms with Gasteiger partial charge in [-0.15, -0.1) is 0 Å². The molecule has 1 aromatic carbocycles. The molecule has 0 fully saturated rings. The monoisotopic (exact) mass is 231 g/mol. The van der Waals surface area contributed by atoms with Crippen LogP contribution in [-0.2, 0) is 6.18 Å². The molecule has 5 heteroatoms. The third kappa shape index (κ3) is 3.00. The molecule has 0 saturated heterocycles. The summed E-state index contributed by atoms with van der Waals surface area (Å²) in [5, 5.41) is 7.88. The first-order chi connectivity index (χ1) is 6.95. The summed E-state index contributed by atoms with van der Waals surface area (Å²) in [5.41, 5.74) is -0.613. The van der Waals surface area contributed by atoms with Crippen LogP contribution in [0.25, 0.3) is 6.08 Å². The van der Waals surface area contributed by atoms with Gasteiger partial charge in [0, 0.05) is 6.08 Å². The van der Waals surface area contributed by atoms with Crippen LogP contribution in [0.1, 0.15) is 11.1 Å². The molecule has 0 radical (unpaired) electrons. The van der Waals surface area contributed by atoms with Crippen molar-refractivity contribution in [1.29, 1.82) is 5.26 Å². The van der Waals surface area contributed by atoms with E-state index in [4.69, 9.17) is 16.9 Å². The van der Waals surface area contributed by atoms with E-state index in [2.05, 4.69) is 0 Å². The highest BCUT2D eigenvalue weighted by molar-refractivity contribution is 6.31. The summed E-state index contributed by atoms with van der Waals surface area (Å²) >= 11 is 5.41. The quantitative estimate of drug-likeness (QED) is 0.673. The summed E-state index contributed by atoms with van der Waals surface area (Å²) in [6.07, 6.45) is -2.09. The summed E-state index contributed by atoms with van der Waals surface area (Å²) in [4.78, 5) is 0. The van der Waals surface area contributed by atoms with Gasteiger partial charge in [-0.05, 0) is 23.8 Å². The zero-order chi connectivity index (χ0) is 11.5. The average Bonchev–Trinajstić information content (AvgIpc) is 2.15. The van der Waals surface area contributed by atoms with Crippen molar-refractivity contribution in [2.45, 2.75) is 6.18 Å². The van der Waals surface area contributed by atoms with E-state index in [0.717, 1.165) is 18.2 Å². The number of hydrogen-bond acceptors (Lipinski definition) is 1. The summed E-state index contributed by atoms with van der Waals surface area (Å²) in [6, 6.07) is 5.16. The lowest BCUT2D eigenvalue weighted by Crippen LogP contribution is -2.05. The molecule has 0 bridgehead atoms. The molecule has 1 rings (SSSR count). The maximum Gasteiger partial charge on any atom is 0.417 e. The highest BCUT2D eigenvalue weighted by atomic mass is 35.5. The predicted octanol–water partition coefficient (Wildman–Crippen LogP) is 3.90. The fourth-order valence-electron chi connectivity index (χ4n) is 0.997. The van der Waals surface area contributed by atoms with Gasteiger partial charge >= 0.3 is 6.18 Å². The van der Waals surface area contributed by atoms with Crippen LogP contribution in [-0.4, -0.2) is 0 Å². The highest BCUT2D eigenvalue weighted by Crippen LogP contribution is 2.35. The number of benzene rings is 1. The molecule has 15 heavy (non-hydrogen) atoms. The first kappa shape index (κ1) is 11.6. The molecule has 1 aromatic rings. The number of allylic oxidation sites excluding steroid dienone is 1. The number of nitriles is 1. The molecular weight excluding hydrogens is 227 g/mol. The zero-order valence-electron chi connectivity index (χ0n) is 7.35. The van der Waals surface area contributed by atoms with Crippen molar-refractivity contribution >= 4 is 17.7 Å². The van der Waals surface area contributed by atoms with Crippen molar-refractivity contribution in [1.82, 2.24) is 0 Å². The van der Waals surface area contributed by atoms with Crippen molar-refractivity contribution in [3.8, 4) is 6.07 Å². The van der Waals surface area contributed by atoms with Crippen LogP contribution in [0.3, 0.4) is 0 Å². The van der Waals surface area contributed by atoms with E-state index in [9.17, 15) is 13.2 Å². The van der Waals surface area contributed by atoms with Gasteiger partial charge in [0.25, 0.3) is 0 Å². The summed E-state index contributed by atoms with van der Waals surface area (Å²) in [7, 11) is 0. The molecule has 0 aliphatic rings. The Hall–Kier alpha value is -1.47. The number of halogens is 4. The largest absolute Gasteiger partial charge is 0.417 e. The molecule has 0 atom stereocenters. The highest BCUT2D eigenvalue weighted by Gasteiger charge is 2.33. The van der Waals surface area contributed by atoms with E-state index in [1.807, 2.05) is 0 Å². The maximum atomic E-state index is 12.4. The minimum absolute atomic E-state index is 0.285. The Labute approximate surface area is 89.4 Å². The van der Waals surface area contributed by atoms with Gasteiger partial charge in [0.1, 0.15) is 0 Å². The third-order valence-electron chi connectivity index (χ3n) is 1.65.